The number of carbonyl (C=O) groups excluding carboxylic acids is 2. The number of benzene rings is 1. The Bertz CT molecular complexity index is 728. The Hall–Kier alpha value is -2.06. The van der Waals surface area contributed by atoms with Crippen LogP contribution in [0, 0.1) is 0 Å². The van der Waals surface area contributed by atoms with Gasteiger partial charge < -0.3 is 18.9 Å². The topological polar surface area (TPSA) is 83.1 Å². The minimum absolute atomic E-state index is 0.238. The van der Waals surface area contributed by atoms with Gasteiger partial charge in [0, 0.05) is 6.08 Å². The predicted molar refractivity (Wildman–Crippen MR) is 84.9 cm³/mol. The molecular formula is C18H19NO6. The summed E-state index contributed by atoms with van der Waals surface area (Å²) in [4.78, 5) is 23.5. The fourth-order valence-corrected chi connectivity index (χ4v) is 3.32. The van der Waals surface area contributed by atoms with Gasteiger partial charge in [0.25, 0.3) is 11.8 Å². The summed E-state index contributed by atoms with van der Waals surface area (Å²) < 4.78 is 23.6. The first kappa shape index (κ1) is 16.4. The summed E-state index contributed by atoms with van der Waals surface area (Å²) in [6.07, 6.45) is -1.16. The van der Waals surface area contributed by atoms with E-state index >= 15 is 0 Å². The van der Waals surface area contributed by atoms with E-state index in [-0.39, 0.29) is 5.57 Å². The van der Waals surface area contributed by atoms with E-state index in [2.05, 4.69) is 5.32 Å². The molecule has 25 heavy (non-hydrogen) atoms. The quantitative estimate of drug-likeness (QED) is 0.821. The molecule has 3 heterocycles. The lowest BCUT2D eigenvalue weighted by atomic mass is 10.0. The Morgan fingerprint density at radius 1 is 1.16 bits per heavy atom. The monoisotopic (exact) mass is 345 g/mol. The van der Waals surface area contributed by atoms with Gasteiger partial charge in [-0.3, -0.25) is 14.9 Å². The van der Waals surface area contributed by atoms with Crippen molar-refractivity contribution in [1.82, 2.24) is 5.32 Å². The molecule has 4 atom stereocenters. The molecule has 0 aromatic heterocycles. The molecule has 2 fully saturated rings. The molecule has 4 unspecified atom stereocenters. The van der Waals surface area contributed by atoms with E-state index in [9.17, 15) is 9.59 Å². The smallest absolute Gasteiger partial charge is 0.256 e. The van der Waals surface area contributed by atoms with E-state index in [4.69, 9.17) is 18.9 Å². The summed E-state index contributed by atoms with van der Waals surface area (Å²) >= 11 is 0. The first-order chi connectivity index (χ1) is 11.9. The normalized spacial score (nSPS) is 33.3. The highest BCUT2D eigenvalue weighted by Crippen LogP contribution is 2.41. The molecule has 1 aromatic carbocycles. The molecule has 2 amide bonds. The maximum absolute atomic E-state index is 12.0. The van der Waals surface area contributed by atoms with Crippen LogP contribution in [0.3, 0.4) is 0 Å². The molecule has 0 bridgehead atoms. The molecule has 0 radical (unpaired) electrons. The van der Waals surface area contributed by atoms with Crippen molar-refractivity contribution >= 4 is 11.8 Å². The Kier molecular flexibility index (Phi) is 3.96. The van der Waals surface area contributed by atoms with E-state index in [1.54, 1.807) is 13.8 Å². The second kappa shape index (κ2) is 6.03. The van der Waals surface area contributed by atoms with Crippen LogP contribution < -0.4 is 5.32 Å². The van der Waals surface area contributed by atoms with Crippen molar-refractivity contribution in [1.29, 1.82) is 0 Å². The SMILES string of the molecule is CC1(C)OC2OC(C3=CC(=O)NC3=O)C(OCc3ccccc3)C2O1. The maximum atomic E-state index is 12.0. The zero-order chi connectivity index (χ0) is 17.6. The number of imide groups is 1. The zero-order valence-electron chi connectivity index (χ0n) is 13.9. The van der Waals surface area contributed by atoms with E-state index in [1.165, 1.54) is 6.08 Å². The highest BCUT2D eigenvalue weighted by Gasteiger charge is 2.57. The molecule has 0 aliphatic carbocycles. The van der Waals surface area contributed by atoms with Crippen LogP contribution in [0.5, 0.6) is 0 Å². The summed E-state index contributed by atoms with van der Waals surface area (Å²) in [6.45, 7) is 3.92. The predicted octanol–water partition coefficient (Wildman–Crippen LogP) is 1.03. The van der Waals surface area contributed by atoms with Crippen molar-refractivity contribution in [3.63, 3.8) is 0 Å². The standard InChI is InChI=1S/C18H19NO6/c1-18(2)24-15-14(22-9-10-6-4-3-5-7-10)13(23-17(15)25-18)11-8-12(20)19-16(11)21/h3-8,13-15,17H,9H2,1-2H3,(H,19,20,21). The van der Waals surface area contributed by atoms with Gasteiger partial charge in [-0.2, -0.15) is 0 Å². The Labute approximate surface area is 144 Å². The summed E-state index contributed by atoms with van der Waals surface area (Å²) in [7, 11) is 0. The van der Waals surface area contributed by atoms with E-state index < -0.39 is 42.2 Å². The fourth-order valence-electron chi connectivity index (χ4n) is 3.32. The van der Waals surface area contributed by atoms with Gasteiger partial charge in [0.05, 0.1) is 12.2 Å². The van der Waals surface area contributed by atoms with Crippen molar-refractivity contribution in [3.05, 3.63) is 47.5 Å². The third-order valence-corrected chi connectivity index (χ3v) is 4.37. The number of hydrogen-bond donors (Lipinski definition) is 1. The number of ether oxygens (including phenoxy) is 4. The summed E-state index contributed by atoms with van der Waals surface area (Å²) in [6, 6.07) is 9.67. The van der Waals surface area contributed by atoms with Crippen LogP contribution in [0.4, 0.5) is 0 Å². The number of rotatable bonds is 4. The molecule has 2 saturated heterocycles. The molecule has 7 heteroatoms. The molecule has 3 aliphatic heterocycles. The van der Waals surface area contributed by atoms with Crippen LogP contribution >= 0.6 is 0 Å². The molecule has 0 saturated carbocycles. The van der Waals surface area contributed by atoms with Gasteiger partial charge in [-0.15, -0.1) is 0 Å². The number of fused-ring (bicyclic) bond motifs is 1. The highest BCUT2D eigenvalue weighted by atomic mass is 16.8. The van der Waals surface area contributed by atoms with Crippen molar-refractivity contribution in [2.75, 3.05) is 0 Å². The van der Waals surface area contributed by atoms with Gasteiger partial charge in [-0.05, 0) is 19.4 Å². The molecule has 3 aliphatic rings. The number of hydrogen-bond acceptors (Lipinski definition) is 6. The Balaban J connectivity index is 1.57. The minimum Gasteiger partial charge on any atom is -0.368 e. The average molecular weight is 345 g/mol. The summed E-state index contributed by atoms with van der Waals surface area (Å²) in [5, 5.41) is 2.23. The van der Waals surface area contributed by atoms with Gasteiger partial charge in [-0.25, -0.2) is 0 Å². The highest BCUT2D eigenvalue weighted by molar-refractivity contribution is 6.16. The van der Waals surface area contributed by atoms with Crippen LogP contribution in [0.1, 0.15) is 19.4 Å². The zero-order valence-corrected chi connectivity index (χ0v) is 13.9. The summed E-state index contributed by atoms with van der Waals surface area (Å²) in [5.41, 5.74) is 1.23. The van der Waals surface area contributed by atoms with Crippen LogP contribution in [-0.2, 0) is 35.1 Å². The first-order valence-corrected chi connectivity index (χ1v) is 8.16. The first-order valence-electron chi connectivity index (χ1n) is 8.16. The van der Waals surface area contributed by atoms with E-state index in [0.29, 0.717) is 6.61 Å². The minimum atomic E-state index is -0.795. The number of carbonyl (C=O) groups is 2. The third kappa shape index (κ3) is 3.11. The van der Waals surface area contributed by atoms with Crippen molar-refractivity contribution in [2.45, 2.75) is 50.8 Å². The Morgan fingerprint density at radius 3 is 2.60 bits per heavy atom. The van der Waals surface area contributed by atoms with Crippen molar-refractivity contribution < 1.29 is 28.5 Å². The van der Waals surface area contributed by atoms with Gasteiger partial charge in [0.2, 0.25) is 0 Å². The second-order valence-electron chi connectivity index (χ2n) is 6.70. The Morgan fingerprint density at radius 2 is 1.92 bits per heavy atom. The van der Waals surface area contributed by atoms with Gasteiger partial charge in [0.15, 0.2) is 12.1 Å². The largest absolute Gasteiger partial charge is 0.368 e. The molecule has 132 valence electrons. The lowest BCUT2D eigenvalue weighted by Crippen LogP contribution is -2.39. The number of amides is 2. The van der Waals surface area contributed by atoms with Gasteiger partial charge >= 0.3 is 0 Å². The van der Waals surface area contributed by atoms with Crippen molar-refractivity contribution in [2.24, 2.45) is 0 Å². The van der Waals surface area contributed by atoms with Crippen molar-refractivity contribution in [3.8, 4) is 0 Å². The molecule has 1 N–H and O–H groups in total. The molecular weight excluding hydrogens is 326 g/mol. The van der Waals surface area contributed by atoms with Gasteiger partial charge in [-0.1, -0.05) is 30.3 Å². The molecule has 0 spiro atoms. The lowest BCUT2D eigenvalue weighted by Gasteiger charge is -2.26. The van der Waals surface area contributed by atoms with Crippen LogP contribution in [0.25, 0.3) is 0 Å². The third-order valence-electron chi connectivity index (χ3n) is 4.37. The number of nitrogens with one attached hydrogen (secondary N) is 1. The maximum Gasteiger partial charge on any atom is 0.256 e. The van der Waals surface area contributed by atoms with Crippen LogP contribution in [0.2, 0.25) is 0 Å². The molecule has 4 rings (SSSR count). The van der Waals surface area contributed by atoms with Crippen LogP contribution in [0.15, 0.2) is 42.0 Å². The second-order valence-corrected chi connectivity index (χ2v) is 6.70. The average Bonchev–Trinajstić information content (AvgIpc) is 3.15. The van der Waals surface area contributed by atoms with Gasteiger partial charge in [0.1, 0.15) is 18.3 Å². The van der Waals surface area contributed by atoms with Crippen LogP contribution in [-0.4, -0.2) is 42.2 Å². The van der Waals surface area contributed by atoms with E-state index in [0.717, 1.165) is 5.56 Å². The lowest BCUT2D eigenvalue weighted by molar-refractivity contribution is -0.214. The van der Waals surface area contributed by atoms with E-state index in [1.807, 2.05) is 30.3 Å². The fraction of sp³-hybridized carbons (Fsp3) is 0.444. The summed E-state index contributed by atoms with van der Waals surface area (Å²) in [5.74, 6) is -1.72. The molecule has 1 aromatic rings. The molecule has 7 nitrogen and oxygen atoms in total.